The molecule has 0 saturated carbocycles. The van der Waals surface area contributed by atoms with Crippen molar-refractivity contribution in [1.29, 1.82) is 0 Å². The highest BCUT2D eigenvalue weighted by Crippen LogP contribution is 2.19. The molecule has 1 aromatic rings. The van der Waals surface area contributed by atoms with Gasteiger partial charge in [-0.25, -0.2) is 14.3 Å². The zero-order chi connectivity index (χ0) is 14.4. The number of rotatable bonds is 6. The minimum atomic E-state index is -0.697. The zero-order valence-corrected chi connectivity index (χ0v) is 11.3. The smallest absolute Gasteiger partial charge is 0.362 e. The third kappa shape index (κ3) is 3.21. The lowest BCUT2D eigenvalue weighted by Gasteiger charge is -2.14. The molecular formula is C11H18N4O4. The molecule has 8 nitrogen and oxygen atoms in total. The molecule has 1 heterocycles. The first-order valence-corrected chi connectivity index (χ1v) is 6.02. The van der Waals surface area contributed by atoms with Gasteiger partial charge in [0.15, 0.2) is 11.9 Å². The Balaban J connectivity index is 2.96. The van der Waals surface area contributed by atoms with Crippen molar-refractivity contribution >= 4 is 17.8 Å². The maximum absolute atomic E-state index is 11.9. The molecule has 106 valence electrons. The minimum Gasteiger partial charge on any atom is -0.464 e. The molecule has 0 radical (unpaired) electrons. The third-order valence-electron chi connectivity index (χ3n) is 2.51. The van der Waals surface area contributed by atoms with E-state index in [0.717, 1.165) is 6.42 Å². The summed E-state index contributed by atoms with van der Waals surface area (Å²) in [4.78, 5) is 23.2. The van der Waals surface area contributed by atoms with Crippen LogP contribution in [-0.2, 0) is 14.3 Å². The standard InChI is InChI=1S/C11H18N4O4/c1-4-6-19-10(16)7(5-2)15-9(12)8(13-14-15)11(17)18-3/h7H,4-6,12H2,1-3H3. The number of aromatic nitrogens is 3. The van der Waals surface area contributed by atoms with Crippen molar-refractivity contribution in [3.63, 3.8) is 0 Å². The molecule has 2 N–H and O–H groups in total. The maximum Gasteiger partial charge on any atom is 0.362 e. The Kier molecular flexibility index (Phi) is 5.28. The number of ether oxygens (including phenoxy) is 2. The monoisotopic (exact) mass is 270 g/mol. The number of carbonyl (C=O) groups is 2. The second-order valence-electron chi connectivity index (χ2n) is 3.85. The first kappa shape index (κ1) is 14.9. The molecule has 0 spiro atoms. The Bertz CT molecular complexity index is 458. The largest absolute Gasteiger partial charge is 0.464 e. The lowest BCUT2D eigenvalue weighted by molar-refractivity contribution is -0.148. The summed E-state index contributed by atoms with van der Waals surface area (Å²) in [6, 6.07) is -0.697. The van der Waals surface area contributed by atoms with Crippen molar-refractivity contribution in [1.82, 2.24) is 15.0 Å². The average Bonchev–Trinajstić information content (AvgIpc) is 2.78. The lowest BCUT2D eigenvalue weighted by Crippen LogP contribution is -2.24. The summed E-state index contributed by atoms with van der Waals surface area (Å²) in [6.45, 7) is 4.01. The van der Waals surface area contributed by atoms with Gasteiger partial charge in [-0.05, 0) is 12.8 Å². The summed E-state index contributed by atoms with van der Waals surface area (Å²) in [5, 5.41) is 7.35. The number of methoxy groups -OCH3 is 1. The third-order valence-corrected chi connectivity index (χ3v) is 2.51. The van der Waals surface area contributed by atoms with Gasteiger partial charge in [0.2, 0.25) is 5.69 Å². The predicted molar refractivity (Wildman–Crippen MR) is 66.4 cm³/mol. The van der Waals surface area contributed by atoms with Crippen LogP contribution in [0.25, 0.3) is 0 Å². The van der Waals surface area contributed by atoms with Crippen LogP contribution in [0.15, 0.2) is 0 Å². The molecule has 8 heteroatoms. The van der Waals surface area contributed by atoms with Crippen LogP contribution in [0, 0.1) is 0 Å². The van der Waals surface area contributed by atoms with E-state index in [1.54, 1.807) is 6.92 Å². The molecule has 1 unspecified atom stereocenters. The molecule has 0 fully saturated rings. The number of carbonyl (C=O) groups excluding carboxylic acids is 2. The van der Waals surface area contributed by atoms with Crippen molar-refractivity contribution in [2.24, 2.45) is 0 Å². The second-order valence-corrected chi connectivity index (χ2v) is 3.85. The van der Waals surface area contributed by atoms with Crippen molar-refractivity contribution in [2.75, 3.05) is 19.5 Å². The van der Waals surface area contributed by atoms with E-state index in [0.29, 0.717) is 13.0 Å². The van der Waals surface area contributed by atoms with Gasteiger partial charge in [0, 0.05) is 0 Å². The highest BCUT2D eigenvalue weighted by atomic mass is 16.5. The predicted octanol–water partition coefficient (Wildman–Crippen LogP) is 0.551. The fourth-order valence-electron chi connectivity index (χ4n) is 1.51. The molecule has 1 aromatic heterocycles. The fraction of sp³-hybridized carbons (Fsp3) is 0.636. The van der Waals surface area contributed by atoms with E-state index in [4.69, 9.17) is 10.5 Å². The van der Waals surface area contributed by atoms with Crippen molar-refractivity contribution in [3.05, 3.63) is 5.69 Å². The Morgan fingerprint density at radius 3 is 2.63 bits per heavy atom. The number of esters is 2. The number of nitrogens with zero attached hydrogens (tertiary/aromatic N) is 3. The SMILES string of the molecule is CCCOC(=O)C(CC)n1nnc(C(=O)OC)c1N. The van der Waals surface area contributed by atoms with E-state index in [2.05, 4.69) is 15.0 Å². The first-order chi connectivity index (χ1) is 9.06. The van der Waals surface area contributed by atoms with E-state index in [1.165, 1.54) is 11.8 Å². The molecular weight excluding hydrogens is 252 g/mol. The van der Waals surface area contributed by atoms with E-state index in [9.17, 15) is 9.59 Å². The average molecular weight is 270 g/mol. The van der Waals surface area contributed by atoms with Crippen molar-refractivity contribution < 1.29 is 19.1 Å². The normalized spacial score (nSPS) is 11.9. The Morgan fingerprint density at radius 1 is 1.42 bits per heavy atom. The van der Waals surface area contributed by atoms with Gasteiger partial charge in [-0.2, -0.15) is 0 Å². The molecule has 0 aliphatic heterocycles. The summed E-state index contributed by atoms with van der Waals surface area (Å²) < 4.78 is 10.8. The topological polar surface area (TPSA) is 109 Å². The fourth-order valence-corrected chi connectivity index (χ4v) is 1.51. The van der Waals surface area contributed by atoms with Gasteiger partial charge in [-0.1, -0.05) is 19.1 Å². The molecule has 0 aliphatic rings. The molecule has 1 atom stereocenters. The van der Waals surface area contributed by atoms with Gasteiger partial charge in [0.05, 0.1) is 13.7 Å². The summed E-state index contributed by atoms with van der Waals surface area (Å²) in [6.07, 6.45) is 1.15. The summed E-state index contributed by atoms with van der Waals surface area (Å²) in [5.74, 6) is -1.15. The Hall–Kier alpha value is -2.12. The van der Waals surface area contributed by atoms with Crippen LogP contribution in [0.4, 0.5) is 5.82 Å². The molecule has 1 rings (SSSR count). The van der Waals surface area contributed by atoms with Crippen LogP contribution in [-0.4, -0.2) is 40.6 Å². The summed E-state index contributed by atoms with van der Waals surface area (Å²) in [7, 11) is 1.22. The number of nitrogen functional groups attached to an aromatic ring is 1. The highest BCUT2D eigenvalue weighted by Gasteiger charge is 2.27. The highest BCUT2D eigenvalue weighted by molar-refractivity contribution is 5.92. The van der Waals surface area contributed by atoms with Crippen LogP contribution in [0.2, 0.25) is 0 Å². The van der Waals surface area contributed by atoms with E-state index in [1.807, 2.05) is 6.92 Å². The van der Waals surface area contributed by atoms with Crippen LogP contribution in [0.3, 0.4) is 0 Å². The van der Waals surface area contributed by atoms with E-state index >= 15 is 0 Å². The number of nitrogens with two attached hydrogens (primary N) is 1. The zero-order valence-electron chi connectivity index (χ0n) is 11.3. The molecule has 0 aromatic carbocycles. The lowest BCUT2D eigenvalue weighted by atomic mass is 10.2. The minimum absolute atomic E-state index is 0.00727. The van der Waals surface area contributed by atoms with Gasteiger partial charge in [-0.15, -0.1) is 5.10 Å². The van der Waals surface area contributed by atoms with Crippen LogP contribution in [0.5, 0.6) is 0 Å². The quantitative estimate of drug-likeness (QED) is 0.751. The van der Waals surface area contributed by atoms with E-state index < -0.39 is 18.0 Å². The molecule has 0 bridgehead atoms. The number of anilines is 1. The molecule has 0 amide bonds. The maximum atomic E-state index is 11.9. The Morgan fingerprint density at radius 2 is 2.11 bits per heavy atom. The summed E-state index contributed by atoms with van der Waals surface area (Å²) >= 11 is 0. The van der Waals surface area contributed by atoms with Gasteiger partial charge in [0.25, 0.3) is 0 Å². The Labute approximate surface area is 110 Å². The van der Waals surface area contributed by atoms with Gasteiger partial charge in [-0.3, -0.25) is 0 Å². The first-order valence-electron chi connectivity index (χ1n) is 6.02. The van der Waals surface area contributed by atoms with E-state index in [-0.39, 0.29) is 11.5 Å². The van der Waals surface area contributed by atoms with Crippen LogP contribution in [0.1, 0.15) is 43.2 Å². The summed E-state index contributed by atoms with van der Waals surface area (Å²) in [5.41, 5.74) is 5.64. The van der Waals surface area contributed by atoms with Gasteiger partial charge >= 0.3 is 11.9 Å². The van der Waals surface area contributed by atoms with Gasteiger partial charge < -0.3 is 15.2 Å². The number of hydrogen-bond acceptors (Lipinski definition) is 7. The van der Waals surface area contributed by atoms with Crippen LogP contribution >= 0.6 is 0 Å². The second kappa shape index (κ2) is 6.72. The molecule has 0 saturated heterocycles. The molecule has 0 aliphatic carbocycles. The van der Waals surface area contributed by atoms with Crippen molar-refractivity contribution in [3.8, 4) is 0 Å². The van der Waals surface area contributed by atoms with Crippen LogP contribution < -0.4 is 5.73 Å². The molecule has 19 heavy (non-hydrogen) atoms. The van der Waals surface area contributed by atoms with Gasteiger partial charge in [0.1, 0.15) is 0 Å². The number of hydrogen-bond donors (Lipinski definition) is 1. The van der Waals surface area contributed by atoms with Crippen molar-refractivity contribution in [2.45, 2.75) is 32.7 Å².